The predicted molar refractivity (Wildman–Crippen MR) is 102 cm³/mol. The molecule has 0 N–H and O–H groups in total. The molecule has 0 saturated heterocycles. The van der Waals surface area contributed by atoms with E-state index in [-0.39, 0.29) is 5.69 Å². The molecule has 26 heavy (non-hydrogen) atoms. The van der Waals surface area contributed by atoms with E-state index >= 15 is 0 Å². The highest BCUT2D eigenvalue weighted by molar-refractivity contribution is 5.94. The molecule has 0 atom stereocenters. The van der Waals surface area contributed by atoms with Crippen molar-refractivity contribution in [2.45, 2.75) is 0 Å². The van der Waals surface area contributed by atoms with Gasteiger partial charge in [0.15, 0.2) is 0 Å². The second kappa shape index (κ2) is 6.83. The van der Waals surface area contributed by atoms with Gasteiger partial charge in [-0.05, 0) is 30.3 Å². The average Bonchev–Trinajstić information content (AvgIpc) is 2.66. The maximum Gasteiger partial charge on any atom is 0.270 e. The van der Waals surface area contributed by atoms with Gasteiger partial charge >= 0.3 is 0 Å². The Bertz CT molecular complexity index is 957. The molecule has 3 aromatic rings. The van der Waals surface area contributed by atoms with Crippen molar-refractivity contribution >= 4 is 34.0 Å². The molecule has 0 fully saturated rings. The lowest BCUT2D eigenvalue weighted by Crippen LogP contribution is -2.17. The fourth-order valence-corrected chi connectivity index (χ4v) is 2.59. The first-order valence-corrected chi connectivity index (χ1v) is 7.92. The minimum atomic E-state index is -0.420. The van der Waals surface area contributed by atoms with E-state index in [1.165, 1.54) is 12.1 Å². The second-order valence-electron chi connectivity index (χ2n) is 5.96. The summed E-state index contributed by atoms with van der Waals surface area (Å²) in [5.41, 5.74) is 1.52. The van der Waals surface area contributed by atoms with Crippen molar-refractivity contribution in [3.05, 3.63) is 52.6 Å². The van der Waals surface area contributed by atoms with Crippen LogP contribution in [0.3, 0.4) is 0 Å². The van der Waals surface area contributed by atoms with Gasteiger partial charge < -0.3 is 14.5 Å². The van der Waals surface area contributed by atoms with E-state index in [2.05, 4.69) is 9.97 Å². The van der Waals surface area contributed by atoms with E-state index in [1.807, 2.05) is 50.3 Å². The largest absolute Gasteiger partial charge is 0.497 e. The zero-order chi connectivity index (χ0) is 18.8. The van der Waals surface area contributed by atoms with Crippen molar-refractivity contribution in [1.82, 2.24) is 9.97 Å². The highest BCUT2D eigenvalue weighted by Gasteiger charge is 2.17. The van der Waals surface area contributed by atoms with E-state index in [9.17, 15) is 10.1 Å². The van der Waals surface area contributed by atoms with Crippen LogP contribution < -0.4 is 14.5 Å². The van der Waals surface area contributed by atoms with Crippen LogP contribution in [0.2, 0.25) is 0 Å². The second-order valence-corrected chi connectivity index (χ2v) is 5.96. The molecule has 1 heterocycles. The van der Waals surface area contributed by atoms with Crippen LogP contribution >= 0.6 is 0 Å². The molecule has 0 radical (unpaired) electrons. The van der Waals surface area contributed by atoms with E-state index in [4.69, 9.17) is 4.74 Å². The van der Waals surface area contributed by atoms with Crippen molar-refractivity contribution in [2.24, 2.45) is 0 Å². The first-order chi connectivity index (χ1) is 12.4. The van der Waals surface area contributed by atoms with Gasteiger partial charge in [0.2, 0.25) is 5.95 Å². The average molecular weight is 353 g/mol. The molecule has 0 aliphatic heterocycles. The molecule has 0 spiro atoms. The number of rotatable bonds is 5. The predicted octanol–water partition coefficient (Wildman–Crippen LogP) is 3.38. The van der Waals surface area contributed by atoms with Crippen LogP contribution in [-0.4, -0.2) is 43.1 Å². The molecule has 0 bridgehead atoms. The van der Waals surface area contributed by atoms with Crippen molar-refractivity contribution < 1.29 is 9.66 Å². The fraction of sp³-hybridized carbons (Fsp3) is 0.222. The first-order valence-electron chi connectivity index (χ1n) is 7.92. The Labute approximate surface area is 150 Å². The molecule has 0 saturated carbocycles. The summed E-state index contributed by atoms with van der Waals surface area (Å²) in [6.45, 7) is 0. The van der Waals surface area contributed by atoms with Gasteiger partial charge in [-0.1, -0.05) is 0 Å². The van der Waals surface area contributed by atoms with Gasteiger partial charge in [0.05, 0.1) is 22.9 Å². The summed E-state index contributed by atoms with van der Waals surface area (Å²) in [6, 6.07) is 12.1. The lowest BCUT2D eigenvalue weighted by Gasteiger charge is -2.22. The Morgan fingerprint density at radius 2 is 1.73 bits per heavy atom. The zero-order valence-electron chi connectivity index (χ0n) is 15.0. The summed E-state index contributed by atoms with van der Waals surface area (Å²) >= 11 is 0. The summed E-state index contributed by atoms with van der Waals surface area (Å²) < 4.78 is 5.19. The van der Waals surface area contributed by atoms with Crippen LogP contribution in [0.25, 0.3) is 10.9 Å². The number of anilines is 3. The molecular formula is C18H19N5O3. The molecule has 2 aromatic carbocycles. The molecule has 0 amide bonds. The third-order valence-corrected chi connectivity index (χ3v) is 4.04. The summed E-state index contributed by atoms with van der Waals surface area (Å²) in [5.74, 6) is 1.87. The topological polar surface area (TPSA) is 84.6 Å². The Morgan fingerprint density at radius 3 is 2.31 bits per heavy atom. The molecule has 1 aromatic heterocycles. The molecule has 8 nitrogen and oxygen atoms in total. The fourth-order valence-electron chi connectivity index (χ4n) is 2.59. The number of benzene rings is 2. The number of aromatic nitrogens is 2. The highest BCUT2D eigenvalue weighted by Crippen LogP contribution is 2.33. The molecule has 0 unspecified atom stereocenters. The number of non-ortho nitro benzene ring substituents is 1. The summed E-state index contributed by atoms with van der Waals surface area (Å²) in [5, 5.41) is 11.8. The van der Waals surface area contributed by atoms with E-state index in [1.54, 1.807) is 18.1 Å². The standard InChI is InChI=1S/C18H19N5O3/c1-21(2)18-19-16-10-7-13(23(24)25)11-15(16)17(20-18)22(3)12-5-8-14(26-4)9-6-12/h5-11H,1-4H3. The Kier molecular flexibility index (Phi) is 4.57. The van der Waals surface area contributed by atoms with Crippen LogP contribution in [0, 0.1) is 10.1 Å². The van der Waals surface area contributed by atoms with Crippen molar-refractivity contribution in [3.8, 4) is 5.75 Å². The van der Waals surface area contributed by atoms with Crippen molar-refractivity contribution in [1.29, 1.82) is 0 Å². The van der Waals surface area contributed by atoms with Crippen molar-refractivity contribution in [2.75, 3.05) is 38.1 Å². The smallest absolute Gasteiger partial charge is 0.270 e. The molecular weight excluding hydrogens is 334 g/mol. The number of nitro groups is 1. The van der Waals surface area contributed by atoms with E-state index in [0.717, 1.165) is 11.4 Å². The normalized spacial score (nSPS) is 10.6. The lowest BCUT2D eigenvalue weighted by atomic mass is 10.2. The minimum Gasteiger partial charge on any atom is -0.497 e. The zero-order valence-corrected chi connectivity index (χ0v) is 15.0. The number of nitrogens with zero attached hydrogens (tertiary/aromatic N) is 5. The van der Waals surface area contributed by atoms with Crippen LogP contribution in [-0.2, 0) is 0 Å². The SMILES string of the molecule is COc1ccc(N(C)c2nc(N(C)C)nc3ccc([N+](=O)[O-])cc23)cc1. The van der Waals surface area contributed by atoms with Crippen LogP contribution in [0.15, 0.2) is 42.5 Å². The number of fused-ring (bicyclic) bond motifs is 1. The molecule has 0 aliphatic carbocycles. The third kappa shape index (κ3) is 3.21. The number of methoxy groups -OCH3 is 1. The molecule has 8 heteroatoms. The van der Waals surface area contributed by atoms with Gasteiger partial charge in [0.25, 0.3) is 5.69 Å². The molecule has 134 valence electrons. The van der Waals surface area contributed by atoms with Gasteiger partial charge in [-0.15, -0.1) is 0 Å². The Balaban J connectivity index is 2.19. The summed E-state index contributed by atoms with van der Waals surface area (Å²) in [6.07, 6.45) is 0. The number of hydrogen-bond acceptors (Lipinski definition) is 7. The summed E-state index contributed by atoms with van der Waals surface area (Å²) in [4.78, 5) is 23.5. The quantitative estimate of drug-likeness (QED) is 0.513. The Morgan fingerprint density at radius 1 is 1.04 bits per heavy atom. The van der Waals surface area contributed by atoms with Crippen molar-refractivity contribution in [3.63, 3.8) is 0 Å². The highest BCUT2D eigenvalue weighted by atomic mass is 16.6. The minimum absolute atomic E-state index is 0.00286. The monoisotopic (exact) mass is 353 g/mol. The Hall–Kier alpha value is -3.42. The van der Waals surface area contributed by atoms with Crippen LogP contribution in [0.5, 0.6) is 5.75 Å². The van der Waals surface area contributed by atoms with Gasteiger partial charge in [0, 0.05) is 39.0 Å². The number of nitro benzene ring substituents is 1. The van der Waals surface area contributed by atoms with Gasteiger partial charge in [0.1, 0.15) is 11.6 Å². The summed E-state index contributed by atoms with van der Waals surface area (Å²) in [7, 11) is 7.18. The number of ether oxygens (including phenoxy) is 1. The maximum atomic E-state index is 11.2. The lowest BCUT2D eigenvalue weighted by molar-refractivity contribution is -0.384. The van der Waals surface area contributed by atoms with E-state index < -0.39 is 4.92 Å². The third-order valence-electron chi connectivity index (χ3n) is 4.04. The van der Waals surface area contributed by atoms with E-state index in [0.29, 0.717) is 22.7 Å². The van der Waals surface area contributed by atoms with Gasteiger partial charge in [-0.25, -0.2) is 4.98 Å². The first kappa shape index (κ1) is 17.4. The van der Waals surface area contributed by atoms with Crippen LogP contribution in [0.4, 0.5) is 23.1 Å². The van der Waals surface area contributed by atoms with Gasteiger partial charge in [-0.3, -0.25) is 10.1 Å². The van der Waals surface area contributed by atoms with Gasteiger partial charge in [-0.2, -0.15) is 4.98 Å². The molecule has 0 aliphatic rings. The molecule has 3 rings (SSSR count). The van der Waals surface area contributed by atoms with Crippen LogP contribution in [0.1, 0.15) is 0 Å². The number of hydrogen-bond donors (Lipinski definition) is 0. The maximum absolute atomic E-state index is 11.2.